The number of aromatic nitrogens is 3. The number of carbonyl (C=O) groups excluding carboxylic acids is 2. The third kappa shape index (κ3) is 3.99. The first-order valence-corrected chi connectivity index (χ1v) is 11.9. The second-order valence-corrected chi connectivity index (χ2v) is 9.05. The topological polar surface area (TPSA) is 112 Å². The normalized spacial score (nSPS) is 16.6. The van der Waals surface area contributed by atoms with Crippen LogP contribution < -0.4 is 21.3 Å². The van der Waals surface area contributed by atoms with Crippen molar-refractivity contribution < 1.29 is 9.59 Å². The molecular formula is C24H21N7O2S. The first-order chi connectivity index (χ1) is 16.6. The molecule has 170 valence electrons. The van der Waals surface area contributed by atoms with Gasteiger partial charge in [-0.3, -0.25) is 10.1 Å². The van der Waals surface area contributed by atoms with E-state index in [4.69, 9.17) is 4.98 Å². The van der Waals surface area contributed by atoms with Gasteiger partial charge in [0.25, 0.3) is 5.91 Å². The molecule has 4 N–H and O–H groups in total. The predicted octanol–water partition coefficient (Wildman–Crippen LogP) is 3.82. The Morgan fingerprint density at radius 1 is 1.18 bits per heavy atom. The van der Waals surface area contributed by atoms with Crippen LogP contribution in [0, 0.1) is 0 Å². The lowest BCUT2D eigenvalue weighted by atomic mass is 10.0. The molecule has 9 nitrogen and oxygen atoms in total. The van der Waals surface area contributed by atoms with Crippen molar-refractivity contribution >= 4 is 46.6 Å². The fourth-order valence-electron chi connectivity index (χ4n) is 3.91. The molecule has 0 bridgehead atoms. The zero-order valence-corrected chi connectivity index (χ0v) is 18.9. The number of carbonyl (C=O) groups is 2. The van der Waals surface area contributed by atoms with Crippen molar-refractivity contribution in [1.82, 2.24) is 25.2 Å². The minimum absolute atomic E-state index is 0.168. The molecule has 1 saturated heterocycles. The summed E-state index contributed by atoms with van der Waals surface area (Å²) >= 11 is 1.68. The van der Waals surface area contributed by atoms with Crippen LogP contribution in [0.1, 0.15) is 24.0 Å². The summed E-state index contributed by atoms with van der Waals surface area (Å²) in [5.41, 5.74) is 4.94. The molecule has 1 aliphatic carbocycles. The molecule has 3 amide bonds. The van der Waals surface area contributed by atoms with E-state index in [2.05, 4.69) is 55.3 Å². The highest BCUT2D eigenvalue weighted by atomic mass is 32.1. The Bertz CT molecular complexity index is 1440. The van der Waals surface area contributed by atoms with E-state index in [1.54, 1.807) is 28.1 Å². The molecule has 0 spiro atoms. The Balaban J connectivity index is 1.34. The van der Waals surface area contributed by atoms with Gasteiger partial charge in [0.05, 0.1) is 6.20 Å². The van der Waals surface area contributed by atoms with Gasteiger partial charge >= 0.3 is 6.03 Å². The summed E-state index contributed by atoms with van der Waals surface area (Å²) in [6.07, 6.45) is 5.46. The van der Waals surface area contributed by atoms with E-state index in [0.29, 0.717) is 29.6 Å². The van der Waals surface area contributed by atoms with Crippen LogP contribution in [0.15, 0.2) is 59.1 Å². The number of benzene rings is 1. The number of hydrogen-bond donors (Lipinski definition) is 4. The lowest BCUT2D eigenvalue weighted by Gasteiger charge is -2.13. The number of urea groups is 1. The van der Waals surface area contributed by atoms with Crippen molar-refractivity contribution in [2.24, 2.45) is 0 Å². The Hall–Kier alpha value is -4.18. The van der Waals surface area contributed by atoms with Crippen LogP contribution in [0.5, 0.6) is 0 Å². The largest absolute Gasteiger partial charge is 0.367 e. The number of fused-ring (bicyclic) bond motifs is 1. The molecule has 0 atom stereocenters. The maximum absolute atomic E-state index is 12.0. The summed E-state index contributed by atoms with van der Waals surface area (Å²) in [6, 6.07) is 12.3. The number of nitrogens with one attached hydrogen (secondary N) is 4. The Labute approximate surface area is 198 Å². The summed E-state index contributed by atoms with van der Waals surface area (Å²) < 4.78 is 1.73. The van der Waals surface area contributed by atoms with E-state index in [1.165, 1.54) is 16.7 Å². The van der Waals surface area contributed by atoms with Crippen molar-refractivity contribution in [2.45, 2.75) is 25.4 Å². The molecule has 34 heavy (non-hydrogen) atoms. The van der Waals surface area contributed by atoms with Gasteiger partial charge in [-0.1, -0.05) is 24.3 Å². The number of rotatable bonds is 7. The minimum Gasteiger partial charge on any atom is -0.367 e. The van der Waals surface area contributed by atoms with Crippen LogP contribution >= 0.6 is 11.3 Å². The van der Waals surface area contributed by atoms with E-state index in [-0.39, 0.29) is 5.70 Å². The number of nitrogens with zero attached hydrogens (tertiary/aromatic N) is 3. The summed E-state index contributed by atoms with van der Waals surface area (Å²) in [5.74, 6) is 1.04. The summed E-state index contributed by atoms with van der Waals surface area (Å²) in [5, 5.41) is 20.4. The van der Waals surface area contributed by atoms with Crippen LogP contribution in [0.3, 0.4) is 0 Å². The fraction of sp³-hybridized carbons (Fsp3) is 0.167. The van der Waals surface area contributed by atoms with Crippen LogP contribution in [-0.4, -0.2) is 32.6 Å². The molecule has 3 aromatic heterocycles. The maximum atomic E-state index is 12.0. The first-order valence-electron chi connectivity index (χ1n) is 11.0. The van der Waals surface area contributed by atoms with Gasteiger partial charge in [0.2, 0.25) is 0 Å². The van der Waals surface area contributed by atoms with E-state index >= 15 is 0 Å². The number of anilines is 2. The summed E-state index contributed by atoms with van der Waals surface area (Å²) in [4.78, 5) is 28.3. The third-order valence-corrected chi connectivity index (χ3v) is 6.44. The minimum atomic E-state index is -0.539. The smallest absolute Gasteiger partial charge is 0.326 e. The van der Waals surface area contributed by atoms with Crippen LogP contribution in [0.2, 0.25) is 0 Å². The fourth-order valence-corrected chi connectivity index (χ4v) is 4.57. The molecule has 1 aliphatic heterocycles. The van der Waals surface area contributed by atoms with E-state index in [0.717, 1.165) is 18.7 Å². The number of imide groups is 1. The molecule has 4 aromatic rings. The Kier molecular flexibility index (Phi) is 4.99. The highest BCUT2D eigenvalue weighted by molar-refractivity contribution is 7.08. The Morgan fingerprint density at radius 3 is 2.82 bits per heavy atom. The zero-order chi connectivity index (χ0) is 23.1. The van der Waals surface area contributed by atoms with Gasteiger partial charge < -0.3 is 16.0 Å². The standard InChI is InChI=1S/C24H21N7O2S/c32-23-19(28-24(33)30-23)9-16-12-26-31-21(27-17-5-6-17)10-20(29-22(16)31)25-11-14-3-1-2-4-18(14)15-7-8-34-13-15/h1-4,7-10,12-13,17,27H,5-6,11H2,(H,25,29)(H2,28,30,32,33)/b19-9-. The van der Waals surface area contributed by atoms with Gasteiger partial charge in [0, 0.05) is 24.2 Å². The molecule has 2 aliphatic rings. The quantitative estimate of drug-likeness (QED) is 0.241. The average molecular weight is 472 g/mol. The molecule has 6 rings (SSSR count). The summed E-state index contributed by atoms with van der Waals surface area (Å²) in [6.45, 7) is 0.598. The van der Waals surface area contributed by atoms with Gasteiger partial charge in [0.1, 0.15) is 17.3 Å². The molecule has 0 radical (unpaired) electrons. The molecule has 1 saturated carbocycles. The van der Waals surface area contributed by atoms with Crippen LogP contribution in [0.25, 0.3) is 22.9 Å². The molecular weight excluding hydrogens is 450 g/mol. The summed E-state index contributed by atoms with van der Waals surface area (Å²) in [7, 11) is 0. The highest BCUT2D eigenvalue weighted by Crippen LogP contribution is 2.29. The monoisotopic (exact) mass is 471 g/mol. The van der Waals surface area contributed by atoms with Gasteiger partial charge in [-0.15, -0.1) is 0 Å². The van der Waals surface area contributed by atoms with Crippen molar-refractivity contribution in [3.8, 4) is 11.1 Å². The van der Waals surface area contributed by atoms with Crippen LogP contribution in [0.4, 0.5) is 16.4 Å². The lowest BCUT2D eigenvalue weighted by molar-refractivity contribution is -0.115. The van der Waals surface area contributed by atoms with E-state index < -0.39 is 11.9 Å². The predicted molar refractivity (Wildman–Crippen MR) is 131 cm³/mol. The van der Waals surface area contributed by atoms with E-state index in [1.807, 2.05) is 18.2 Å². The number of amides is 3. The van der Waals surface area contributed by atoms with E-state index in [9.17, 15) is 9.59 Å². The Morgan fingerprint density at radius 2 is 2.06 bits per heavy atom. The van der Waals surface area contributed by atoms with Crippen LogP contribution in [-0.2, 0) is 11.3 Å². The second-order valence-electron chi connectivity index (χ2n) is 8.27. The lowest BCUT2D eigenvalue weighted by Crippen LogP contribution is -2.22. The van der Waals surface area contributed by atoms with Gasteiger partial charge in [-0.25, -0.2) is 9.78 Å². The van der Waals surface area contributed by atoms with Crippen molar-refractivity contribution in [2.75, 3.05) is 10.6 Å². The van der Waals surface area contributed by atoms with Crippen molar-refractivity contribution in [1.29, 1.82) is 0 Å². The average Bonchev–Trinajstić information content (AvgIpc) is 3.20. The van der Waals surface area contributed by atoms with Gasteiger partial charge in [0.15, 0.2) is 5.65 Å². The first kappa shape index (κ1) is 20.4. The molecule has 10 heteroatoms. The molecule has 2 fully saturated rings. The number of hydrogen-bond acceptors (Lipinski definition) is 7. The maximum Gasteiger partial charge on any atom is 0.326 e. The highest BCUT2D eigenvalue weighted by Gasteiger charge is 2.25. The van der Waals surface area contributed by atoms with Crippen molar-refractivity contribution in [3.05, 3.63) is 70.2 Å². The SMILES string of the molecule is O=C1NC(=O)/C(=C/c2cnn3c(NC4CC4)cc(NCc4ccccc4-c4ccsc4)nc23)N1. The van der Waals surface area contributed by atoms with Gasteiger partial charge in [-0.2, -0.15) is 21.0 Å². The number of thiophene rings is 1. The van der Waals surface area contributed by atoms with Crippen molar-refractivity contribution in [3.63, 3.8) is 0 Å². The second kappa shape index (κ2) is 8.31. The van der Waals surface area contributed by atoms with Gasteiger partial charge in [-0.05, 0) is 52.4 Å². The molecule has 0 unspecified atom stereocenters. The molecule has 1 aromatic carbocycles. The molecule has 4 heterocycles. The third-order valence-electron chi connectivity index (χ3n) is 5.76. The zero-order valence-electron chi connectivity index (χ0n) is 18.0.